The van der Waals surface area contributed by atoms with Gasteiger partial charge in [0.05, 0.1) is 6.42 Å². The fraction of sp³-hybridized carbons (Fsp3) is 0.591. The van der Waals surface area contributed by atoms with Crippen LogP contribution >= 0.6 is 0 Å². The summed E-state index contributed by atoms with van der Waals surface area (Å²) in [7, 11) is 0. The molecule has 0 atom stereocenters. The molecule has 2 N–H and O–H groups in total. The van der Waals surface area contributed by atoms with Crippen molar-refractivity contribution in [3.63, 3.8) is 0 Å². The third kappa shape index (κ3) is 4.47. The Morgan fingerprint density at radius 1 is 1.00 bits per heavy atom. The summed E-state index contributed by atoms with van der Waals surface area (Å²) in [4.78, 5) is 36.5. The number of nitrogens with one attached hydrogen (secondary N) is 2. The van der Waals surface area contributed by atoms with Crippen molar-refractivity contribution in [1.29, 1.82) is 0 Å². The standard InChI is InChI=1S/C22H26F2N2O4/c23-17-2-1-16(8-18(17)24)26-19(27)12-30-20(28)3-4-25-21(29)22-9-13-5-14(10-22)7-15(6-13)11-22/h1-2,8,13-15H,3-7,9-12H2,(H,25,29)(H,26,27). The number of carbonyl (C=O) groups is 3. The van der Waals surface area contributed by atoms with Crippen LogP contribution in [-0.4, -0.2) is 30.9 Å². The fourth-order valence-corrected chi connectivity index (χ4v) is 5.84. The third-order valence-corrected chi connectivity index (χ3v) is 6.70. The molecule has 30 heavy (non-hydrogen) atoms. The van der Waals surface area contributed by atoms with Gasteiger partial charge in [-0.1, -0.05) is 0 Å². The molecular weight excluding hydrogens is 394 g/mol. The first-order valence-corrected chi connectivity index (χ1v) is 10.5. The van der Waals surface area contributed by atoms with Gasteiger partial charge < -0.3 is 15.4 Å². The van der Waals surface area contributed by atoms with Crippen molar-refractivity contribution in [1.82, 2.24) is 5.32 Å². The lowest BCUT2D eigenvalue weighted by molar-refractivity contribution is -0.148. The molecular formula is C22H26F2N2O4. The Morgan fingerprint density at radius 2 is 1.63 bits per heavy atom. The number of anilines is 1. The molecule has 2 amide bonds. The quantitative estimate of drug-likeness (QED) is 0.664. The SMILES string of the molecule is O=C(COC(=O)CCNC(=O)C12CC3CC(CC(C3)C1)C2)Nc1ccc(F)c(F)c1. The molecule has 1 aromatic rings. The van der Waals surface area contributed by atoms with Gasteiger partial charge in [-0.2, -0.15) is 0 Å². The highest BCUT2D eigenvalue weighted by molar-refractivity contribution is 5.92. The molecule has 0 spiro atoms. The Bertz CT molecular complexity index is 822. The van der Waals surface area contributed by atoms with E-state index in [0.29, 0.717) is 17.8 Å². The van der Waals surface area contributed by atoms with Crippen LogP contribution in [0.1, 0.15) is 44.9 Å². The number of rotatable bonds is 7. The molecule has 162 valence electrons. The van der Waals surface area contributed by atoms with Crippen LogP contribution in [0.25, 0.3) is 0 Å². The molecule has 1 aromatic carbocycles. The first-order valence-electron chi connectivity index (χ1n) is 10.5. The number of esters is 1. The van der Waals surface area contributed by atoms with Crippen molar-refractivity contribution in [2.75, 3.05) is 18.5 Å². The molecule has 0 heterocycles. The Balaban J connectivity index is 1.17. The predicted octanol–water partition coefficient (Wildman–Crippen LogP) is 3.17. The van der Waals surface area contributed by atoms with E-state index in [0.717, 1.165) is 31.4 Å². The summed E-state index contributed by atoms with van der Waals surface area (Å²) < 4.78 is 30.9. The van der Waals surface area contributed by atoms with Crippen LogP contribution in [0, 0.1) is 34.8 Å². The zero-order valence-corrected chi connectivity index (χ0v) is 16.7. The van der Waals surface area contributed by atoms with Gasteiger partial charge in [0.25, 0.3) is 5.91 Å². The van der Waals surface area contributed by atoms with Gasteiger partial charge in [0.15, 0.2) is 18.2 Å². The summed E-state index contributed by atoms with van der Waals surface area (Å²) in [5.74, 6) is -1.33. The lowest BCUT2D eigenvalue weighted by Gasteiger charge is -2.55. The van der Waals surface area contributed by atoms with Crippen molar-refractivity contribution >= 4 is 23.5 Å². The molecule has 4 aliphatic rings. The average molecular weight is 420 g/mol. The number of carbonyl (C=O) groups excluding carboxylic acids is 3. The van der Waals surface area contributed by atoms with Gasteiger partial charge in [-0.15, -0.1) is 0 Å². The van der Waals surface area contributed by atoms with E-state index in [2.05, 4.69) is 10.6 Å². The number of hydrogen-bond acceptors (Lipinski definition) is 4. The number of amides is 2. The minimum Gasteiger partial charge on any atom is -0.456 e. The van der Waals surface area contributed by atoms with E-state index in [4.69, 9.17) is 4.74 Å². The largest absolute Gasteiger partial charge is 0.456 e. The highest BCUT2D eigenvalue weighted by Gasteiger charge is 2.54. The predicted molar refractivity (Wildman–Crippen MR) is 104 cm³/mol. The average Bonchev–Trinajstić information content (AvgIpc) is 2.68. The highest BCUT2D eigenvalue weighted by atomic mass is 19.2. The van der Waals surface area contributed by atoms with E-state index in [9.17, 15) is 23.2 Å². The van der Waals surface area contributed by atoms with Crippen molar-refractivity contribution in [3.8, 4) is 0 Å². The van der Waals surface area contributed by atoms with Crippen molar-refractivity contribution < 1.29 is 27.9 Å². The van der Waals surface area contributed by atoms with E-state index >= 15 is 0 Å². The van der Waals surface area contributed by atoms with Gasteiger partial charge in [0.1, 0.15) is 0 Å². The van der Waals surface area contributed by atoms with E-state index in [1.54, 1.807) is 0 Å². The van der Waals surface area contributed by atoms with Gasteiger partial charge in [-0.05, 0) is 68.4 Å². The smallest absolute Gasteiger partial charge is 0.308 e. The van der Waals surface area contributed by atoms with Gasteiger partial charge in [-0.3, -0.25) is 14.4 Å². The van der Waals surface area contributed by atoms with Crippen LogP contribution in [0.15, 0.2) is 18.2 Å². The Labute approximate surface area is 173 Å². The Kier molecular flexibility index (Phi) is 5.75. The summed E-state index contributed by atoms with van der Waals surface area (Å²) >= 11 is 0. The van der Waals surface area contributed by atoms with Gasteiger partial charge in [0, 0.05) is 23.7 Å². The van der Waals surface area contributed by atoms with Crippen molar-refractivity contribution in [3.05, 3.63) is 29.8 Å². The van der Waals surface area contributed by atoms with Gasteiger partial charge in [0.2, 0.25) is 5.91 Å². The molecule has 4 saturated carbocycles. The zero-order valence-electron chi connectivity index (χ0n) is 16.7. The second kappa shape index (κ2) is 8.32. The number of hydrogen-bond donors (Lipinski definition) is 2. The summed E-state index contributed by atoms with van der Waals surface area (Å²) in [6.45, 7) is -0.370. The lowest BCUT2D eigenvalue weighted by Crippen LogP contribution is -2.53. The van der Waals surface area contributed by atoms with E-state index in [1.807, 2.05) is 0 Å². The second-order valence-electron chi connectivity index (χ2n) is 9.04. The van der Waals surface area contributed by atoms with Crippen molar-refractivity contribution in [2.45, 2.75) is 44.9 Å². The lowest BCUT2D eigenvalue weighted by atomic mass is 9.49. The van der Waals surface area contributed by atoms with Crippen molar-refractivity contribution in [2.24, 2.45) is 23.2 Å². The van der Waals surface area contributed by atoms with E-state index in [-0.39, 0.29) is 30.0 Å². The number of benzene rings is 1. The normalized spacial score (nSPS) is 28.8. The molecule has 0 radical (unpaired) electrons. The summed E-state index contributed by atoms with van der Waals surface area (Å²) in [5, 5.41) is 5.21. The van der Waals surface area contributed by atoms with E-state index in [1.165, 1.54) is 25.3 Å². The highest BCUT2D eigenvalue weighted by Crippen LogP contribution is 2.60. The molecule has 4 bridgehead atoms. The maximum atomic E-state index is 13.1. The molecule has 0 unspecified atom stereocenters. The number of ether oxygens (including phenoxy) is 1. The van der Waals surface area contributed by atoms with Crippen LogP contribution in [0.2, 0.25) is 0 Å². The summed E-state index contributed by atoms with van der Waals surface area (Å²) in [5.41, 5.74) is -0.194. The Hall–Kier alpha value is -2.51. The molecule has 0 aromatic heterocycles. The maximum Gasteiger partial charge on any atom is 0.308 e. The molecule has 6 nitrogen and oxygen atoms in total. The van der Waals surface area contributed by atoms with Gasteiger partial charge >= 0.3 is 5.97 Å². The minimum atomic E-state index is -1.08. The zero-order chi connectivity index (χ0) is 21.3. The Morgan fingerprint density at radius 3 is 2.23 bits per heavy atom. The molecule has 4 aliphatic carbocycles. The summed E-state index contributed by atoms with van der Waals surface area (Å²) in [6.07, 6.45) is 6.61. The van der Waals surface area contributed by atoms with Crippen LogP contribution in [0.3, 0.4) is 0 Å². The van der Waals surface area contributed by atoms with Crippen LogP contribution in [-0.2, 0) is 19.1 Å². The third-order valence-electron chi connectivity index (χ3n) is 6.70. The molecule has 4 fully saturated rings. The first kappa shape index (κ1) is 20.8. The maximum absolute atomic E-state index is 13.1. The number of halogens is 2. The van der Waals surface area contributed by atoms with Crippen LogP contribution in [0.5, 0.6) is 0 Å². The molecule has 8 heteroatoms. The van der Waals surface area contributed by atoms with Crippen LogP contribution in [0.4, 0.5) is 14.5 Å². The first-order chi connectivity index (χ1) is 14.3. The molecule has 0 aliphatic heterocycles. The molecule has 0 saturated heterocycles. The second-order valence-corrected chi connectivity index (χ2v) is 9.04. The van der Waals surface area contributed by atoms with Crippen LogP contribution < -0.4 is 10.6 Å². The minimum absolute atomic E-state index is 0.0312. The molecule has 5 rings (SSSR count). The summed E-state index contributed by atoms with van der Waals surface area (Å²) in [6, 6.07) is 2.94. The van der Waals surface area contributed by atoms with Gasteiger partial charge in [-0.25, -0.2) is 8.78 Å². The topological polar surface area (TPSA) is 84.5 Å². The fourth-order valence-electron chi connectivity index (χ4n) is 5.84. The van der Waals surface area contributed by atoms with E-state index < -0.39 is 30.1 Å². The monoisotopic (exact) mass is 420 g/mol.